The van der Waals surface area contributed by atoms with Crippen LogP contribution in [0.4, 0.5) is 17.6 Å². The molecular formula is C12H9F4NO. The minimum absolute atomic E-state index is 0.189. The van der Waals surface area contributed by atoms with E-state index in [1.807, 2.05) is 6.07 Å². The van der Waals surface area contributed by atoms with Gasteiger partial charge in [0.2, 0.25) is 0 Å². The van der Waals surface area contributed by atoms with Gasteiger partial charge in [-0.25, -0.2) is 4.39 Å². The van der Waals surface area contributed by atoms with Gasteiger partial charge >= 0.3 is 6.18 Å². The van der Waals surface area contributed by atoms with Crippen molar-refractivity contribution in [3.05, 3.63) is 35.1 Å². The summed E-state index contributed by atoms with van der Waals surface area (Å²) in [6.07, 6.45) is -5.39. The fourth-order valence-corrected chi connectivity index (χ4v) is 1.89. The third kappa shape index (κ3) is 2.31. The van der Waals surface area contributed by atoms with E-state index in [0.717, 1.165) is 12.1 Å². The van der Waals surface area contributed by atoms with Gasteiger partial charge in [0.25, 0.3) is 0 Å². The summed E-state index contributed by atoms with van der Waals surface area (Å²) >= 11 is 0. The third-order valence-corrected chi connectivity index (χ3v) is 3.06. The summed E-state index contributed by atoms with van der Waals surface area (Å²) in [6.45, 7) is 0. The van der Waals surface area contributed by atoms with Crippen molar-refractivity contribution in [1.29, 1.82) is 5.26 Å². The molecule has 6 heteroatoms. The molecule has 1 aliphatic rings. The molecule has 1 aromatic rings. The van der Waals surface area contributed by atoms with Crippen molar-refractivity contribution in [2.75, 3.05) is 0 Å². The average molecular weight is 259 g/mol. The van der Waals surface area contributed by atoms with E-state index >= 15 is 0 Å². The molecule has 2 nitrogen and oxygen atoms in total. The molecule has 0 amide bonds. The van der Waals surface area contributed by atoms with Gasteiger partial charge in [0.05, 0.1) is 23.7 Å². The number of rotatable bonds is 2. The van der Waals surface area contributed by atoms with E-state index in [4.69, 9.17) is 5.26 Å². The largest absolute Gasteiger partial charge is 0.416 e. The summed E-state index contributed by atoms with van der Waals surface area (Å²) in [5.74, 6) is -1.83. The first-order valence-corrected chi connectivity index (χ1v) is 5.29. The van der Waals surface area contributed by atoms with Crippen LogP contribution in [-0.2, 0) is 6.18 Å². The number of alkyl halides is 3. The van der Waals surface area contributed by atoms with Crippen molar-refractivity contribution in [2.24, 2.45) is 11.8 Å². The average Bonchev–Trinajstić information content (AvgIpc) is 3.06. The molecule has 1 fully saturated rings. The maximum Gasteiger partial charge on any atom is 0.416 e. The van der Waals surface area contributed by atoms with E-state index in [0.29, 0.717) is 12.5 Å². The summed E-state index contributed by atoms with van der Waals surface area (Å²) < 4.78 is 50.5. The van der Waals surface area contributed by atoms with Crippen LogP contribution in [0.2, 0.25) is 0 Å². The number of halogens is 4. The summed E-state index contributed by atoms with van der Waals surface area (Å²) in [6, 6.07) is 3.95. The first-order chi connectivity index (χ1) is 8.34. The number of aliphatic hydroxyl groups is 1. The summed E-state index contributed by atoms with van der Waals surface area (Å²) in [5, 5.41) is 18.4. The van der Waals surface area contributed by atoms with Gasteiger partial charge in [-0.2, -0.15) is 18.4 Å². The normalized spacial score (nSPS) is 24.4. The molecule has 0 bridgehead atoms. The molecule has 0 radical (unpaired) electrons. The molecule has 0 saturated heterocycles. The van der Waals surface area contributed by atoms with Gasteiger partial charge in [0.1, 0.15) is 5.82 Å². The summed E-state index contributed by atoms with van der Waals surface area (Å²) in [4.78, 5) is 0. The minimum atomic E-state index is -4.61. The molecule has 3 unspecified atom stereocenters. The number of nitriles is 1. The highest BCUT2D eigenvalue weighted by molar-refractivity contribution is 5.29. The Kier molecular flexibility index (Phi) is 3.03. The minimum Gasteiger partial charge on any atom is -0.388 e. The molecule has 0 heterocycles. The summed E-state index contributed by atoms with van der Waals surface area (Å²) in [7, 11) is 0. The van der Waals surface area contributed by atoms with E-state index in [-0.39, 0.29) is 17.4 Å². The molecule has 96 valence electrons. The van der Waals surface area contributed by atoms with Crippen molar-refractivity contribution in [3.8, 4) is 6.07 Å². The Morgan fingerprint density at radius 1 is 1.39 bits per heavy atom. The molecule has 0 spiro atoms. The topological polar surface area (TPSA) is 44.0 Å². The van der Waals surface area contributed by atoms with Gasteiger partial charge < -0.3 is 5.11 Å². The van der Waals surface area contributed by atoms with E-state index in [9.17, 15) is 22.7 Å². The predicted molar refractivity (Wildman–Crippen MR) is 53.6 cm³/mol. The lowest BCUT2D eigenvalue weighted by molar-refractivity contribution is -0.137. The molecule has 0 aliphatic heterocycles. The molecule has 1 saturated carbocycles. The second-order valence-corrected chi connectivity index (χ2v) is 4.31. The van der Waals surface area contributed by atoms with E-state index in [1.165, 1.54) is 0 Å². The van der Waals surface area contributed by atoms with Crippen LogP contribution in [-0.4, -0.2) is 5.11 Å². The molecular weight excluding hydrogens is 250 g/mol. The predicted octanol–water partition coefficient (Wildman–Crippen LogP) is 3.04. The first kappa shape index (κ1) is 12.8. The van der Waals surface area contributed by atoms with Gasteiger partial charge in [-0.15, -0.1) is 0 Å². The number of nitrogens with zero attached hydrogens (tertiary/aromatic N) is 1. The van der Waals surface area contributed by atoms with Gasteiger partial charge in [0, 0.05) is 11.5 Å². The van der Waals surface area contributed by atoms with E-state index in [2.05, 4.69) is 0 Å². The quantitative estimate of drug-likeness (QED) is 0.829. The zero-order valence-electron chi connectivity index (χ0n) is 9.08. The Bertz CT molecular complexity index is 506. The highest BCUT2D eigenvalue weighted by atomic mass is 19.4. The lowest BCUT2D eigenvalue weighted by Crippen LogP contribution is -2.09. The van der Waals surface area contributed by atoms with Gasteiger partial charge in [-0.3, -0.25) is 0 Å². The number of hydrogen-bond acceptors (Lipinski definition) is 2. The Balaban J connectivity index is 2.23. The second-order valence-electron chi connectivity index (χ2n) is 4.31. The lowest BCUT2D eigenvalue weighted by atomic mass is 10.0. The highest BCUT2D eigenvalue weighted by Gasteiger charge is 2.44. The zero-order chi connectivity index (χ0) is 13.5. The smallest absolute Gasteiger partial charge is 0.388 e. The third-order valence-electron chi connectivity index (χ3n) is 3.06. The van der Waals surface area contributed by atoms with Crippen LogP contribution < -0.4 is 0 Å². The van der Waals surface area contributed by atoms with Crippen LogP contribution >= 0.6 is 0 Å². The van der Waals surface area contributed by atoms with Crippen molar-refractivity contribution in [2.45, 2.75) is 18.7 Å². The second kappa shape index (κ2) is 4.25. The molecule has 1 N–H and O–H groups in total. The number of hydrogen-bond donors (Lipinski definition) is 1. The van der Waals surface area contributed by atoms with Crippen molar-refractivity contribution in [1.82, 2.24) is 0 Å². The van der Waals surface area contributed by atoms with Gasteiger partial charge in [-0.05, 0) is 18.6 Å². The highest BCUT2D eigenvalue weighted by Crippen LogP contribution is 2.47. The molecule has 2 rings (SSSR count). The Hall–Kier alpha value is -1.61. The Labute approximate surface area is 100 Å². The zero-order valence-corrected chi connectivity index (χ0v) is 9.08. The lowest BCUT2D eigenvalue weighted by Gasteiger charge is -2.13. The molecule has 1 aliphatic carbocycles. The van der Waals surface area contributed by atoms with Crippen LogP contribution in [0, 0.1) is 29.0 Å². The fraction of sp³-hybridized carbons (Fsp3) is 0.417. The van der Waals surface area contributed by atoms with Crippen molar-refractivity contribution in [3.63, 3.8) is 0 Å². The van der Waals surface area contributed by atoms with Crippen LogP contribution in [0.15, 0.2) is 18.2 Å². The summed E-state index contributed by atoms with van der Waals surface area (Å²) in [5.41, 5.74) is -1.28. The van der Waals surface area contributed by atoms with E-state index in [1.54, 1.807) is 0 Å². The van der Waals surface area contributed by atoms with Crippen molar-refractivity contribution < 1.29 is 22.7 Å². The molecule has 1 aromatic carbocycles. The number of aliphatic hydroxyl groups excluding tert-OH is 1. The van der Waals surface area contributed by atoms with Crippen LogP contribution in [0.3, 0.4) is 0 Å². The maximum absolute atomic E-state index is 13.5. The fourth-order valence-electron chi connectivity index (χ4n) is 1.89. The van der Waals surface area contributed by atoms with Crippen LogP contribution in [0.5, 0.6) is 0 Å². The monoisotopic (exact) mass is 259 g/mol. The maximum atomic E-state index is 13.5. The molecule has 0 aromatic heterocycles. The van der Waals surface area contributed by atoms with Gasteiger partial charge in [-0.1, -0.05) is 6.07 Å². The van der Waals surface area contributed by atoms with E-state index < -0.39 is 23.7 Å². The number of benzene rings is 1. The van der Waals surface area contributed by atoms with Crippen LogP contribution in [0.1, 0.15) is 23.7 Å². The molecule has 3 atom stereocenters. The van der Waals surface area contributed by atoms with Gasteiger partial charge in [0.15, 0.2) is 0 Å². The first-order valence-electron chi connectivity index (χ1n) is 5.29. The standard InChI is InChI=1S/C12H9F4NO/c13-10-4-7(12(14,15)16)1-2-8(10)11(18)9-3-6(9)5-17/h1-2,4,6,9,11,18H,3H2. The van der Waals surface area contributed by atoms with Crippen molar-refractivity contribution >= 4 is 0 Å². The Morgan fingerprint density at radius 2 is 2.06 bits per heavy atom. The molecule has 18 heavy (non-hydrogen) atoms. The Morgan fingerprint density at radius 3 is 2.50 bits per heavy atom. The SMILES string of the molecule is N#CC1CC1C(O)c1ccc(C(F)(F)F)cc1F. The van der Waals surface area contributed by atoms with Crippen LogP contribution in [0.25, 0.3) is 0 Å².